The fourth-order valence-electron chi connectivity index (χ4n) is 2.39. The molecule has 0 radical (unpaired) electrons. The molecule has 0 spiro atoms. The molecule has 1 aromatic heterocycles. The number of nitrogens with zero attached hydrogens (tertiary/aromatic N) is 2. The van der Waals surface area contributed by atoms with Crippen LogP contribution >= 0.6 is 0 Å². The van der Waals surface area contributed by atoms with E-state index in [1.54, 1.807) is 26.0 Å². The molecule has 0 aliphatic rings. The number of hydrogen-bond donors (Lipinski definition) is 1. The van der Waals surface area contributed by atoms with E-state index in [2.05, 4.69) is 21.3 Å². The number of esters is 1. The van der Waals surface area contributed by atoms with E-state index in [0.29, 0.717) is 6.07 Å². The summed E-state index contributed by atoms with van der Waals surface area (Å²) < 4.78 is 49.4. The van der Waals surface area contributed by atoms with Gasteiger partial charge in [-0.3, -0.25) is 0 Å². The van der Waals surface area contributed by atoms with Crippen LogP contribution < -0.4 is 4.74 Å². The number of rotatable bonds is 6. The van der Waals surface area contributed by atoms with Crippen LogP contribution in [0.3, 0.4) is 0 Å². The number of aromatic nitrogens is 2. The van der Waals surface area contributed by atoms with Crippen molar-refractivity contribution in [3.8, 4) is 6.01 Å². The van der Waals surface area contributed by atoms with E-state index >= 15 is 0 Å². The number of methoxy groups -OCH3 is 1. The Morgan fingerprint density at radius 1 is 1.21 bits per heavy atom. The summed E-state index contributed by atoms with van der Waals surface area (Å²) in [5.41, 5.74) is -1.28. The summed E-state index contributed by atoms with van der Waals surface area (Å²) in [6.45, 7) is 6.84. The first-order valence-corrected chi connectivity index (χ1v) is 8.22. The van der Waals surface area contributed by atoms with Crippen LogP contribution in [0.5, 0.6) is 6.01 Å². The van der Waals surface area contributed by atoms with Gasteiger partial charge in [0.2, 0.25) is 0 Å². The van der Waals surface area contributed by atoms with E-state index in [0.717, 1.165) is 0 Å². The Hall–Kier alpha value is -2.94. The number of hydrogen-bond acceptors (Lipinski definition) is 6. The highest BCUT2D eigenvalue weighted by Gasteiger charge is 2.35. The van der Waals surface area contributed by atoms with Gasteiger partial charge in [0.1, 0.15) is 6.10 Å². The van der Waals surface area contributed by atoms with Gasteiger partial charge < -0.3 is 14.6 Å². The van der Waals surface area contributed by atoms with Crippen LogP contribution in [-0.4, -0.2) is 34.3 Å². The van der Waals surface area contributed by atoms with Crippen molar-refractivity contribution in [2.45, 2.75) is 32.2 Å². The summed E-state index contributed by atoms with van der Waals surface area (Å²) in [6.07, 6.45) is -6.82. The minimum absolute atomic E-state index is 0.0547. The minimum atomic E-state index is -4.76. The number of halogens is 3. The monoisotopic (exact) mass is 396 g/mol. The molecule has 0 aliphatic carbocycles. The van der Waals surface area contributed by atoms with Gasteiger partial charge in [0.05, 0.1) is 24.5 Å². The van der Waals surface area contributed by atoms with E-state index in [9.17, 15) is 23.1 Å². The highest BCUT2D eigenvalue weighted by atomic mass is 19.4. The second kappa shape index (κ2) is 8.39. The van der Waals surface area contributed by atoms with Crippen molar-refractivity contribution in [2.24, 2.45) is 0 Å². The molecule has 1 N–H and O–H groups in total. The molecule has 0 bridgehead atoms. The second-order valence-corrected chi connectivity index (χ2v) is 6.08. The predicted octanol–water partition coefficient (Wildman–Crippen LogP) is 3.55. The third-order valence-corrected chi connectivity index (χ3v) is 3.65. The van der Waals surface area contributed by atoms with Crippen molar-refractivity contribution in [2.75, 3.05) is 7.11 Å². The van der Waals surface area contributed by atoms with Crippen molar-refractivity contribution < 1.29 is 32.5 Å². The van der Waals surface area contributed by atoms with E-state index in [4.69, 9.17) is 4.74 Å². The Bertz CT molecular complexity index is 882. The van der Waals surface area contributed by atoms with Crippen molar-refractivity contribution in [1.82, 2.24) is 9.97 Å². The zero-order valence-electron chi connectivity index (χ0n) is 15.4. The highest BCUT2D eigenvalue weighted by Crippen LogP contribution is 2.33. The minimum Gasteiger partial charge on any atom is -0.465 e. The summed E-state index contributed by atoms with van der Waals surface area (Å²) in [5, 5.41) is 10.7. The molecule has 2 aromatic rings. The fourth-order valence-corrected chi connectivity index (χ4v) is 2.39. The summed E-state index contributed by atoms with van der Waals surface area (Å²) in [5.74, 6) is -0.734. The third-order valence-electron chi connectivity index (χ3n) is 3.65. The van der Waals surface area contributed by atoms with Crippen LogP contribution in [0.15, 0.2) is 36.9 Å². The average Bonchev–Trinajstić information content (AvgIpc) is 2.64. The summed E-state index contributed by atoms with van der Waals surface area (Å²) in [4.78, 5) is 19.0. The largest absolute Gasteiger partial charge is 0.465 e. The Kier molecular flexibility index (Phi) is 6.40. The molecule has 1 heterocycles. The maximum absolute atomic E-state index is 13.2. The molecule has 9 heteroatoms. The molecule has 0 fully saturated rings. The highest BCUT2D eigenvalue weighted by molar-refractivity contribution is 6.16. The number of benzene rings is 1. The van der Waals surface area contributed by atoms with Gasteiger partial charge in [0, 0.05) is 0 Å². The van der Waals surface area contributed by atoms with E-state index in [1.165, 1.54) is 19.2 Å². The van der Waals surface area contributed by atoms with Crippen LogP contribution in [0.25, 0.3) is 5.57 Å². The molecule has 2 rings (SSSR count). The molecule has 28 heavy (non-hydrogen) atoms. The van der Waals surface area contributed by atoms with Crippen LogP contribution in [-0.2, 0) is 15.7 Å². The Balaban J connectivity index is 2.56. The van der Waals surface area contributed by atoms with Gasteiger partial charge in [0.25, 0.3) is 0 Å². The van der Waals surface area contributed by atoms with Crippen LogP contribution in [0, 0.1) is 0 Å². The number of alkyl halides is 3. The Morgan fingerprint density at radius 3 is 2.43 bits per heavy atom. The van der Waals surface area contributed by atoms with Crippen molar-refractivity contribution in [3.05, 3.63) is 59.4 Å². The zero-order chi connectivity index (χ0) is 21.1. The molecule has 0 saturated heterocycles. The summed E-state index contributed by atoms with van der Waals surface area (Å²) in [7, 11) is 1.17. The van der Waals surface area contributed by atoms with Gasteiger partial charge in [-0.1, -0.05) is 30.8 Å². The normalized spacial score (nSPS) is 12.6. The molecule has 1 unspecified atom stereocenters. The van der Waals surface area contributed by atoms with Crippen LogP contribution in [0.4, 0.5) is 13.2 Å². The molecule has 0 amide bonds. The first kappa shape index (κ1) is 21.4. The Morgan fingerprint density at radius 2 is 1.86 bits per heavy atom. The SMILES string of the molecule is C=C(C(=O)OC)c1ccccc1C(O)c1cc(C(F)(F)F)nc(OC(C)C)n1. The van der Waals surface area contributed by atoms with Gasteiger partial charge in [-0.2, -0.15) is 23.1 Å². The first-order valence-electron chi connectivity index (χ1n) is 8.22. The summed E-state index contributed by atoms with van der Waals surface area (Å²) >= 11 is 0. The predicted molar refractivity (Wildman–Crippen MR) is 94.4 cm³/mol. The molecule has 6 nitrogen and oxygen atoms in total. The average molecular weight is 396 g/mol. The molecular formula is C19H19F3N2O4. The van der Waals surface area contributed by atoms with Crippen molar-refractivity contribution in [3.63, 3.8) is 0 Å². The standard InChI is InChI=1S/C19H19F3N2O4/c1-10(2)28-18-23-14(9-15(24-18)19(20,21)22)16(25)13-8-6-5-7-12(13)11(3)17(26)27-4/h5-10,16,25H,3H2,1-2,4H3. The number of aliphatic hydroxyl groups excluding tert-OH is 1. The number of carbonyl (C=O) groups is 1. The lowest BCUT2D eigenvalue weighted by Crippen LogP contribution is -2.17. The molecule has 1 aromatic carbocycles. The van der Waals surface area contributed by atoms with Gasteiger partial charge in [0.15, 0.2) is 5.69 Å². The van der Waals surface area contributed by atoms with Crippen molar-refractivity contribution >= 4 is 11.5 Å². The van der Waals surface area contributed by atoms with Gasteiger partial charge in [-0.15, -0.1) is 0 Å². The zero-order valence-corrected chi connectivity index (χ0v) is 15.4. The lowest BCUT2D eigenvalue weighted by atomic mass is 9.95. The summed E-state index contributed by atoms with van der Waals surface area (Å²) in [6, 6.07) is 6.22. The third kappa shape index (κ3) is 4.86. The Labute approximate surface area is 159 Å². The number of carbonyl (C=O) groups excluding carboxylic acids is 1. The van der Waals surface area contributed by atoms with Gasteiger partial charge >= 0.3 is 18.2 Å². The maximum atomic E-state index is 13.2. The van der Waals surface area contributed by atoms with Gasteiger partial charge in [-0.25, -0.2) is 4.79 Å². The second-order valence-electron chi connectivity index (χ2n) is 6.08. The number of ether oxygens (including phenoxy) is 2. The van der Waals surface area contributed by atoms with Crippen molar-refractivity contribution in [1.29, 1.82) is 0 Å². The van der Waals surface area contributed by atoms with E-state index in [-0.39, 0.29) is 22.4 Å². The quantitative estimate of drug-likeness (QED) is 0.594. The first-order chi connectivity index (χ1) is 13.0. The van der Waals surface area contributed by atoms with Crippen LogP contribution in [0.2, 0.25) is 0 Å². The smallest absolute Gasteiger partial charge is 0.433 e. The van der Waals surface area contributed by atoms with E-state index < -0.39 is 36.1 Å². The topological polar surface area (TPSA) is 81.5 Å². The lowest BCUT2D eigenvalue weighted by Gasteiger charge is -2.18. The van der Waals surface area contributed by atoms with Crippen LogP contribution in [0.1, 0.15) is 42.5 Å². The lowest BCUT2D eigenvalue weighted by molar-refractivity contribution is -0.141. The molecule has 0 aliphatic heterocycles. The molecule has 0 saturated carbocycles. The number of aliphatic hydroxyl groups is 1. The van der Waals surface area contributed by atoms with Gasteiger partial charge in [-0.05, 0) is 31.0 Å². The fraction of sp³-hybridized carbons (Fsp3) is 0.316. The molecule has 1 atom stereocenters. The maximum Gasteiger partial charge on any atom is 0.433 e. The van der Waals surface area contributed by atoms with E-state index in [1.807, 2.05) is 0 Å². The molecular weight excluding hydrogens is 377 g/mol. The molecule has 150 valence electrons.